The van der Waals surface area contributed by atoms with Gasteiger partial charge in [-0.1, -0.05) is 30.3 Å². The standard InChI is InChI=1S/C22H24N4O3S/c1-15(16-6-4-3-5-7-16)23-20(27)13-10-18-14-30-22(25-18)26-21(28)24-17-8-11-19(29-2)12-9-17/h3-9,11-12,14-15H,10,13H2,1-2H3,(H,23,27)(H2,24,25,26,28). The molecule has 0 bridgehead atoms. The van der Waals surface area contributed by atoms with Crippen molar-refractivity contribution in [2.45, 2.75) is 25.8 Å². The number of aromatic nitrogens is 1. The van der Waals surface area contributed by atoms with E-state index in [1.54, 1.807) is 31.4 Å². The van der Waals surface area contributed by atoms with E-state index in [-0.39, 0.29) is 18.0 Å². The minimum absolute atomic E-state index is 0.0360. The van der Waals surface area contributed by atoms with E-state index in [0.717, 1.165) is 11.3 Å². The molecule has 30 heavy (non-hydrogen) atoms. The topological polar surface area (TPSA) is 92.3 Å². The van der Waals surface area contributed by atoms with Crippen molar-refractivity contribution in [3.05, 3.63) is 71.2 Å². The maximum absolute atomic E-state index is 12.2. The van der Waals surface area contributed by atoms with Gasteiger partial charge < -0.3 is 15.4 Å². The average Bonchev–Trinajstić information content (AvgIpc) is 3.20. The molecular formula is C22H24N4O3S. The second-order valence-electron chi connectivity index (χ2n) is 6.65. The first-order valence-corrected chi connectivity index (χ1v) is 10.4. The van der Waals surface area contributed by atoms with Crippen LogP contribution in [0.25, 0.3) is 0 Å². The molecule has 3 rings (SSSR count). The summed E-state index contributed by atoms with van der Waals surface area (Å²) in [6.07, 6.45) is 0.837. The average molecular weight is 425 g/mol. The molecule has 0 spiro atoms. The molecule has 0 aliphatic carbocycles. The van der Waals surface area contributed by atoms with Crippen molar-refractivity contribution in [1.29, 1.82) is 0 Å². The summed E-state index contributed by atoms with van der Waals surface area (Å²) in [4.78, 5) is 28.7. The van der Waals surface area contributed by atoms with Crippen LogP contribution in [-0.4, -0.2) is 24.0 Å². The number of methoxy groups -OCH3 is 1. The highest BCUT2D eigenvalue weighted by Gasteiger charge is 2.11. The Morgan fingerprint density at radius 2 is 1.80 bits per heavy atom. The fraction of sp³-hybridized carbons (Fsp3) is 0.227. The summed E-state index contributed by atoms with van der Waals surface area (Å²) in [6.45, 7) is 1.96. The van der Waals surface area contributed by atoms with Gasteiger partial charge in [0.2, 0.25) is 5.91 Å². The third-order valence-electron chi connectivity index (χ3n) is 4.41. The van der Waals surface area contributed by atoms with Crippen molar-refractivity contribution in [1.82, 2.24) is 10.3 Å². The number of urea groups is 1. The van der Waals surface area contributed by atoms with E-state index in [4.69, 9.17) is 4.74 Å². The third-order valence-corrected chi connectivity index (χ3v) is 5.21. The van der Waals surface area contributed by atoms with Crippen molar-refractivity contribution in [3.63, 3.8) is 0 Å². The zero-order valence-electron chi connectivity index (χ0n) is 16.8. The number of anilines is 2. The van der Waals surface area contributed by atoms with Crippen LogP contribution in [-0.2, 0) is 11.2 Å². The molecule has 0 aliphatic rings. The number of aryl methyl sites for hydroxylation is 1. The molecule has 1 aromatic heterocycles. The van der Waals surface area contributed by atoms with Gasteiger partial charge in [0.05, 0.1) is 18.8 Å². The lowest BCUT2D eigenvalue weighted by Crippen LogP contribution is -2.26. The van der Waals surface area contributed by atoms with Crippen molar-refractivity contribution < 1.29 is 14.3 Å². The fourth-order valence-corrected chi connectivity index (χ4v) is 3.53. The second kappa shape index (κ2) is 10.4. The molecule has 3 aromatic rings. The zero-order chi connectivity index (χ0) is 21.3. The van der Waals surface area contributed by atoms with Crippen LogP contribution in [0.3, 0.4) is 0 Å². The van der Waals surface area contributed by atoms with Crippen molar-refractivity contribution in [2.75, 3.05) is 17.7 Å². The number of hydrogen-bond donors (Lipinski definition) is 3. The first-order valence-electron chi connectivity index (χ1n) is 9.54. The van der Waals surface area contributed by atoms with Crippen molar-refractivity contribution in [3.8, 4) is 5.75 Å². The Labute approximate surface area is 179 Å². The Morgan fingerprint density at radius 3 is 2.50 bits per heavy atom. The van der Waals surface area contributed by atoms with E-state index in [9.17, 15) is 9.59 Å². The van der Waals surface area contributed by atoms with E-state index >= 15 is 0 Å². The number of rotatable bonds is 8. The lowest BCUT2D eigenvalue weighted by atomic mass is 10.1. The molecule has 7 nitrogen and oxygen atoms in total. The van der Waals surface area contributed by atoms with Crippen LogP contribution in [0.4, 0.5) is 15.6 Å². The highest BCUT2D eigenvalue weighted by atomic mass is 32.1. The first-order chi connectivity index (χ1) is 14.5. The Hall–Kier alpha value is -3.39. The smallest absolute Gasteiger partial charge is 0.325 e. The van der Waals surface area contributed by atoms with Gasteiger partial charge in [-0.2, -0.15) is 0 Å². The van der Waals surface area contributed by atoms with Crippen LogP contribution < -0.4 is 20.7 Å². The van der Waals surface area contributed by atoms with Gasteiger partial charge in [0.25, 0.3) is 0 Å². The molecular weight excluding hydrogens is 400 g/mol. The first kappa shape index (κ1) is 21.3. The number of carbonyl (C=O) groups is 2. The van der Waals surface area contributed by atoms with E-state index in [2.05, 4.69) is 20.9 Å². The van der Waals surface area contributed by atoms with Crippen LogP contribution in [0.1, 0.15) is 30.6 Å². The number of carbonyl (C=O) groups excluding carboxylic acids is 2. The summed E-state index contributed by atoms with van der Waals surface area (Å²) in [5.41, 5.74) is 2.48. The van der Waals surface area contributed by atoms with Gasteiger partial charge in [0.1, 0.15) is 5.75 Å². The van der Waals surface area contributed by atoms with Crippen molar-refractivity contribution in [2.24, 2.45) is 0 Å². The van der Waals surface area contributed by atoms with Crippen LogP contribution in [0.5, 0.6) is 5.75 Å². The normalized spacial score (nSPS) is 11.4. The van der Waals surface area contributed by atoms with Gasteiger partial charge in [-0.05, 0) is 43.2 Å². The Bertz CT molecular complexity index is 974. The molecule has 1 heterocycles. The number of amides is 3. The van der Waals surface area contributed by atoms with E-state index < -0.39 is 0 Å². The molecule has 3 N–H and O–H groups in total. The third kappa shape index (κ3) is 6.31. The van der Waals surface area contributed by atoms with Gasteiger partial charge in [-0.15, -0.1) is 11.3 Å². The Balaban J connectivity index is 1.44. The molecule has 0 radical (unpaired) electrons. The maximum Gasteiger partial charge on any atom is 0.325 e. The molecule has 0 saturated heterocycles. The molecule has 1 unspecified atom stereocenters. The number of hydrogen-bond acceptors (Lipinski definition) is 5. The summed E-state index contributed by atoms with van der Waals surface area (Å²) < 4.78 is 5.09. The molecule has 156 valence electrons. The summed E-state index contributed by atoms with van der Waals surface area (Å²) in [5.74, 6) is 0.679. The van der Waals surface area contributed by atoms with Gasteiger partial charge in [0, 0.05) is 17.5 Å². The predicted octanol–water partition coefficient (Wildman–Crippen LogP) is 4.61. The summed E-state index contributed by atoms with van der Waals surface area (Å²) in [7, 11) is 1.59. The minimum atomic E-state index is -0.379. The van der Waals surface area contributed by atoms with Gasteiger partial charge in [0.15, 0.2) is 5.13 Å². The zero-order valence-corrected chi connectivity index (χ0v) is 17.7. The van der Waals surface area contributed by atoms with E-state index in [0.29, 0.717) is 29.4 Å². The molecule has 1 atom stereocenters. The number of benzene rings is 2. The maximum atomic E-state index is 12.2. The van der Waals surface area contributed by atoms with Crippen molar-refractivity contribution >= 4 is 34.1 Å². The molecule has 8 heteroatoms. The highest BCUT2D eigenvalue weighted by Crippen LogP contribution is 2.19. The highest BCUT2D eigenvalue weighted by molar-refractivity contribution is 7.13. The van der Waals surface area contributed by atoms with Crippen LogP contribution >= 0.6 is 11.3 Å². The quantitative estimate of drug-likeness (QED) is 0.492. The molecule has 0 saturated carbocycles. The van der Waals surface area contributed by atoms with Gasteiger partial charge in [-0.25, -0.2) is 9.78 Å². The predicted molar refractivity (Wildman–Crippen MR) is 119 cm³/mol. The SMILES string of the molecule is COc1ccc(NC(=O)Nc2nc(CCC(=O)NC(C)c3ccccc3)cs2)cc1. The molecule has 0 aliphatic heterocycles. The van der Waals surface area contributed by atoms with E-state index in [1.165, 1.54) is 11.3 Å². The Kier molecular flexibility index (Phi) is 7.40. The minimum Gasteiger partial charge on any atom is -0.497 e. The summed E-state index contributed by atoms with van der Waals surface area (Å²) in [6, 6.07) is 16.4. The van der Waals surface area contributed by atoms with Crippen LogP contribution in [0.2, 0.25) is 0 Å². The summed E-state index contributed by atoms with van der Waals surface area (Å²) >= 11 is 1.32. The second-order valence-corrected chi connectivity index (χ2v) is 7.51. The molecule has 3 amide bonds. The van der Waals surface area contributed by atoms with Crippen LogP contribution in [0.15, 0.2) is 60.0 Å². The van der Waals surface area contributed by atoms with Gasteiger partial charge >= 0.3 is 6.03 Å². The lowest BCUT2D eigenvalue weighted by molar-refractivity contribution is -0.121. The lowest BCUT2D eigenvalue weighted by Gasteiger charge is -2.13. The number of ether oxygens (including phenoxy) is 1. The van der Waals surface area contributed by atoms with E-state index in [1.807, 2.05) is 42.6 Å². The van der Waals surface area contributed by atoms with Crippen LogP contribution in [0, 0.1) is 0 Å². The monoisotopic (exact) mass is 424 g/mol. The number of thiazole rings is 1. The summed E-state index contributed by atoms with van der Waals surface area (Å²) in [5, 5.41) is 10.8. The largest absolute Gasteiger partial charge is 0.497 e. The number of nitrogens with zero attached hydrogens (tertiary/aromatic N) is 1. The molecule has 2 aromatic carbocycles. The van der Waals surface area contributed by atoms with Gasteiger partial charge in [-0.3, -0.25) is 10.1 Å². The fourth-order valence-electron chi connectivity index (χ4n) is 2.79. The molecule has 0 fully saturated rings. The Morgan fingerprint density at radius 1 is 1.07 bits per heavy atom. The number of nitrogens with one attached hydrogen (secondary N) is 3.